The van der Waals surface area contributed by atoms with Crippen LogP contribution in [0.15, 0.2) is 64.6 Å². The molecule has 2 aromatic carbocycles. The number of nitrogens with zero attached hydrogens (tertiary/aromatic N) is 2. The van der Waals surface area contributed by atoms with Crippen molar-refractivity contribution in [1.82, 2.24) is 10.3 Å². The van der Waals surface area contributed by atoms with Gasteiger partial charge in [-0.25, -0.2) is 4.98 Å². The van der Waals surface area contributed by atoms with Gasteiger partial charge >= 0.3 is 0 Å². The maximum absolute atomic E-state index is 13.2. The SMILES string of the molecule is CN(C)c1cc(Sc2cc(Cl)cc(Cl)c2)ncc1C(=O)NC1CCCc2ccccc21. The number of aromatic nitrogens is 1. The van der Waals surface area contributed by atoms with Crippen molar-refractivity contribution in [2.75, 3.05) is 19.0 Å². The quantitative estimate of drug-likeness (QED) is 0.466. The first kappa shape index (κ1) is 22.0. The lowest BCUT2D eigenvalue weighted by atomic mass is 9.87. The van der Waals surface area contributed by atoms with Gasteiger partial charge in [-0.3, -0.25) is 4.79 Å². The number of anilines is 1. The zero-order valence-electron chi connectivity index (χ0n) is 17.4. The van der Waals surface area contributed by atoms with E-state index in [4.69, 9.17) is 23.2 Å². The molecule has 0 saturated carbocycles. The van der Waals surface area contributed by atoms with Gasteiger partial charge in [0.15, 0.2) is 0 Å². The molecule has 0 bridgehead atoms. The zero-order chi connectivity index (χ0) is 22.0. The molecule has 1 aliphatic rings. The van der Waals surface area contributed by atoms with Gasteiger partial charge in [0, 0.05) is 35.2 Å². The number of pyridine rings is 1. The molecule has 1 N–H and O–H groups in total. The Morgan fingerprint density at radius 3 is 2.61 bits per heavy atom. The second-order valence-corrected chi connectivity index (χ2v) is 9.73. The standard InChI is InChI=1S/C24H23Cl2N3OS/c1-29(2)22-13-23(31-18-11-16(25)10-17(26)12-18)27-14-20(22)24(30)28-21-9-5-7-15-6-3-4-8-19(15)21/h3-4,6,8,10-14,21H,5,7,9H2,1-2H3,(H,28,30). The molecular formula is C24H23Cl2N3OS. The van der Waals surface area contributed by atoms with E-state index in [0.29, 0.717) is 15.6 Å². The van der Waals surface area contributed by atoms with E-state index in [9.17, 15) is 4.79 Å². The van der Waals surface area contributed by atoms with Gasteiger partial charge in [-0.2, -0.15) is 0 Å². The molecule has 0 spiro atoms. The largest absolute Gasteiger partial charge is 0.377 e. The van der Waals surface area contributed by atoms with E-state index in [-0.39, 0.29) is 11.9 Å². The third-order valence-corrected chi connectivity index (χ3v) is 6.66. The predicted molar refractivity (Wildman–Crippen MR) is 129 cm³/mol. The Hall–Kier alpha value is -2.21. The number of aryl methyl sites for hydroxylation is 1. The van der Waals surface area contributed by atoms with Crippen molar-refractivity contribution in [3.05, 3.63) is 81.5 Å². The number of hydrogen-bond donors (Lipinski definition) is 1. The summed E-state index contributed by atoms with van der Waals surface area (Å²) in [7, 11) is 3.85. The van der Waals surface area contributed by atoms with E-state index >= 15 is 0 Å². The highest BCUT2D eigenvalue weighted by Crippen LogP contribution is 2.34. The first-order valence-electron chi connectivity index (χ1n) is 10.1. The van der Waals surface area contributed by atoms with Crippen LogP contribution in [0.1, 0.15) is 40.4 Å². The summed E-state index contributed by atoms with van der Waals surface area (Å²) >= 11 is 13.7. The van der Waals surface area contributed by atoms with Crippen LogP contribution in [0.5, 0.6) is 0 Å². The Morgan fingerprint density at radius 1 is 1.13 bits per heavy atom. The molecule has 1 aliphatic carbocycles. The van der Waals surface area contributed by atoms with Crippen LogP contribution < -0.4 is 10.2 Å². The van der Waals surface area contributed by atoms with E-state index in [1.54, 1.807) is 12.3 Å². The molecule has 0 fully saturated rings. The summed E-state index contributed by atoms with van der Waals surface area (Å²) in [6.45, 7) is 0. The van der Waals surface area contributed by atoms with Crippen molar-refractivity contribution < 1.29 is 4.79 Å². The van der Waals surface area contributed by atoms with Crippen molar-refractivity contribution in [2.45, 2.75) is 35.2 Å². The molecule has 1 atom stereocenters. The lowest BCUT2D eigenvalue weighted by Crippen LogP contribution is -2.32. The van der Waals surface area contributed by atoms with Crippen molar-refractivity contribution in [2.24, 2.45) is 0 Å². The number of nitrogens with one attached hydrogen (secondary N) is 1. The normalized spacial score (nSPS) is 15.3. The fourth-order valence-electron chi connectivity index (χ4n) is 3.88. The maximum Gasteiger partial charge on any atom is 0.255 e. The molecular weight excluding hydrogens is 449 g/mol. The average Bonchev–Trinajstić information content (AvgIpc) is 2.73. The van der Waals surface area contributed by atoms with Crippen LogP contribution >= 0.6 is 35.0 Å². The first-order valence-corrected chi connectivity index (χ1v) is 11.7. The van der Waals surface area contributed by atoms with E-state index in [1.807, 2.05) is 43.3 Å². The summed E-state index contributed by atoms with van der Waals surface area (Å²) in [4.78, 5) is 20.5. The highest BCUT2D eigenvalue weighted by molar-refractivity contribution is 7.99. The molecule has 3 aromatic rings. The highest BCUT2D eigenvalue weighted by Gasteiger charge is 2.24. The lowest BCUT2D eigenvalue weighted by molar-refractivity contribution is 0.0933. The van der Waals surface area contributed by atoms with Crippen LogP contribution in [0.25, 0.3) is 0 Å². The zero-order valence-corrected chi connectivity index (χ0v) is 19.7. The Balaban J connectivity index is 1.57. The van der Waals surface area contributed by atoms with Crippen LogP contribution in [0, 0.1) is 0 Å². The molecule has 1 amide bonds. The number of hydrogen-bond acceptors (Lipinski definition) is 4. The van der Waals surface area contributed by atoms with Crippen molar-refractivity contribution >= 4 is 46.6 Å². The topological polar surface area (TPSA) is 45.2 Å². The average molecular weight is 472 g/mol. The van der Waals surface area contributed by atoms with Gasteiger partial charge in [0.05, 0.1) is 17.3 Å². The minimum absolute atomic E-state index is 0.0233. The van der Waals surface area contributed by atoms with E-state index < -0.39 is 0 Å². The molecule has 0 saturated heterocycles. The second-order valence-electron chi connectivity index (χ2n) is 7.76. The van der Waals surface area contributed by atoms with Gasteiger partial charge in [0.1, 0.15) is 5.03 Å². The van der Waals surface area contributed by atoms with E-state index in [0.717, 1.165) is 34.9 Å². The molecule has 1 heterocycles. The van der Waals surface area contributed by atoms with Crippen LogP contribution in [0.3, 0.4) is 0 Å². The molecule has 160 valence electrons. The van der Waals surface area contributed by atoms with Gasteiger partial charge in [-0.05, 0) is 54.7 Å². The monoisotopic (exact) mass is 471 g/mol. The summed E-state index contributed by atoms with van der Waals surface area (Å²) in [6, 6.07) is 15.7. The highest BCUT2D eigenvalue weighted by atomic mass is 35.5. The van der Waals surface area contributed by atoms with Crippen LogP contribution in [-0.4, -0.2) is 25.0 Å². The molecule has 7 heteroatoms. The summed E-state index contributed by atoms with van der Waals surface area (Å²) < 4.78 is 0. The molecule has 0 aliphatic heterocycles. The van der Waals surface area contributed by atoms with Crippen LogP contribution in [0.2, 0.25) is 10.0 Å². The Labute approximate surface area is 197 Å². The fourth-order valence-corrected chi connectivity index (χ4v) is 5.42. The van der Waals surface area contributed by atoms with Gasteiger partial charge in [0.25, 0.3) is 5.91 Å². The predicted octanol–water partition coefficient (Wildman–Crippen LogP) is 6.41. The minimum Gasteiger partial charge on any atom is -0.377 e. The van der Waals surface area contributed by atoms with Crippen LogP contribution in [-0.2, 0) is 6.42 Å². The molecule has 4 rings (SSSR count). The van der Waals surface area contributed by atoms with Gasteiger partial charge in [-0.15, -0.1) is 0 Å². The molecule has 1 aromatic heterocycles. The van der Waals surface area contributed by atoms with Crippen molar-refractivity contribution in [3.8, 4) is 0 Å². The first-order chi connectivity index (χ1) is 14.9. The number of halogens is 2. The van der Waals surface area contributed by atoms with E-state index in [2.05, 4.69) is 28.5 Å². The van der Waals surface area contributed by atoms with Gasteiger partial charge < -0.3 is 10.2 Å². The third-order valence-electron chi connectivity index (χ3n) is 5.32. The molecule has 1 unspecified atom stereocenters. The van der Waals surface area contributed by atoms with Crippen molar-refractivity contribution in [1.29, 1.82) is 0 Å². The lowest BCUT2D eigenvalue weighted by Gasteiger charge is -2.27. The Morgan fingerprint density at radius 2 is 1.87 bits per heavy atom. The maximum atomic E-state index is 13.2. The smallest absolute Gasteiger partial charge is 0.255 e. The van der Waals surface area contributed by atoms with Crippen LogP contribution in [0.4, 0.5) is 5.69 Å². The third kappa shape index (κ3) is 5.17. The molecule has 31 heavy (non-hydrogen) atoms. The second kappa shape index (κ2) is 9.51. The van der Waals surface area contributed by atoms with E-state index in [1.165, 1.54) is 22.9 Å². The summed E-state index contributed by atoms with van der Waals surface area (Å²) in [5.41, 5.74) is 3.90. The van der Waals surface area contributed by atoms with Gasteiger partial charge in [0.2, 0.25) is 0 Å². The Bertz CT molecular complexity index is 1100. The number of carbonyl (C=O) groups is 1. The molecule has 0 radical (unpaired) electrons. The summed E-state index contributed by atoms with van der Waals surface area (Å²) in [5, 5.41) is 5.14. The number of fused-ring (bicyclic) bond motifs is 1. The Kier molecular flexibility index (Phi) is 6.75. The number of amides is 1. The number of rotatable bonds is 5. The summed E-state index contributed by atoms with van der Waals surface area (Å²) in [5.74, 6) is -0.111. The van der Waals surface area contributed by atoms with Crippen molar-refractivity contribution in [3.63, 3.8) is 0 Å². The fraction of sp³-hybridized carbons (Fsp3) is 0.250. The molecule has 4 nitrogen and oxygen atoms in total. The van der Waals surface area contributed by atoms with Gasteiger partial charge in [-0.1, -0.05) is 59.2 Å². The number of carbonyl (C=O) groups excluding carboxylic acids is 1. The number of benzene rings is 2. The minimum atomic E-state index is -0.111. The summed E-state index contributed by atoms with van der Waals surface area (Å²) in [6.07, 6.45) is 4.72.